The Morgan fingerprint density at radius 1 is 1.13 bits per heavy atom. The molecule has 1 unspecified atom stereocenters. The van der Waals surface area contributed by atoms with Gasteiger partial charge >= 0.3 is 0 Å². The number of pyridine rings is 2. The summed E-state index contributed by atoms with van der Waals surface area (Å²) in [6, 6.07) is 5.18. The second-order valence-corrected chi connectivity index (χ2v) is 9.94. The van der Waals surface area contributed by atoms with Crippen molar-refractivity contribution in [3.8, 4) is 5.75 Å². The number of hydrogen-bond acceptors (Lipinski definition) is 7. The van der Waals surface area contributed by atoms with Crippen LogP contribution in [0.3, 0.4) is 0 Å². The Bertz CT molecular complexity index is 1540. The molecule has 1 aromatic carbocycles. The predicted molar refractivity (Wildman–Crippen MR) is 139 cm³/mol. The zero-order valence-corrected chi connectivity index (χ0v) is 21.1. The van der Waals surface area contributed by atoms with Gasteiger partial charge in [0.25, 0.3) is 0 Å². The van der Waals surface area contributed by atoms with E-state index in [9.17, 15) is 13.6 Å². The largest absolute Gasteiger partial charge is 0.486 e. The molecule has 0 N–H and O–H groups in total. The number of aromatic nitrogens is 4. The summed E-state index contributed by atoms with van der Waals surface area (Å²) >= 11 is 0. The molecule has 6 rings (SSSR count). The van der Waals surface area contributed by atoms with Gasteiger partial charge in [0.15, 0.2) is 17.0 Å². The van der Waals surface area contributed by atoms with Crippen LogP contribution < -0.4 is 15.1 Å². The molecule has 4 aromatic rings. The molecule has 0 saturated carbocycles. The summed E-state index contributed by atoms with van der Waals surface area (Å²) in [5.74, 6) is -1.49. The minimum atomic E-state index is -1.08. The van der Waals surface area contributed by atoms with Crippen molar-refractivity contribution in [1.82, 2.24) is 24.4 Å². The monoisotopic (exact) mass is 518 g/mol. The molecule has 2 aliphatic rings. The van der Waals surface area contributed by atoms with Gasteiger partial charge in [-0.15, -0.1) is 0 Å². The quantitative estimate of drug-likeness (QED) is 0.384. The first kappa shape index (κ1) is 24.4. The van der Waals surface area contributed by atoms with E-state index in [0.29, 0.717) is 30.7 Å². The SMILES string of the molecule is Cc1cc(CN(Cc2cn3c4c(c(F)c(F)cc4c2=O)OCC3)C2CCCN(c3cnccn3)C2)ccn1. The molecule has 8 nitrogen and oxygen atoms in total. The van der Waals surface area contributed by atoms with Crippen LogP contribution >= 0.6 is 0 Å². The van der Waals surface area contributed by atoms with E-state index >= 15 is 0 Å². The summed E-state index contributed by atoms with van der Waals surface area (Å²) < 4.78 is 36.1. The van der Waals surface area contributed by atoms with E-state index in [1.54, 1.807) is 31.0 Å². The lowest BCUT2D eigenvalue weighted by atomic mass is 10.0. The van der Waals surface area contributed by atoms with Gasteiger partial charge in [0.1, 0.15) is 12.4 Å². The van der Waals surface area contributed by atoms with Crippen LogP contribution in [0.2, 0.25) is 0 Å². The topological polar surface area (TPSA) is 76.4 Å². The molecular formula is C28H28F2N6O2. The van der Waals surface area contributed by atoms with Crippen LogP contribution in [0.4, 0.5) is 14.6 Å². The lowest BCUT2D eigenvalue weighted by molar-refractivity contribution is 0.157. The number of benzene rings is 1. The van der Waals surface area contributed by atoms with Crippen molar-refractivity contribution >= 4 is 16.7 Å². The van der Waals surface area contributed by atoms with Crippen LogP contribution in [0.15, 0.2) is 54.0 Å². The molecule has 2 aliphatic heterocycles. The molecule has 38 heavy (non-hydrogen) atoms. The van der Waals surface area contributed by atoms with Gasteiger partial charge in [-0.05, 0) is 43.5 Å². The third kappa shape index (κ3) is 4.60. The van der Waals surface area contributed by atoms with Crippen molar-refractivity contribution in [2.45, 2.75) is 45.4 Å². The number of piperidine rings is 1. The summed E-state index contributed by atoms with van der Waals surface area (Å²) in [6.45, 7) is 5.22. The average Bonchev–Trinajstić information content (AvgIpc) is 2.94. The maximum absolute atomic E-state index is 14.4. The third-order valence-corrected chi connectivity index (χ3v) is 7.37. The molecule has 1 atom stereocenters. The van der Waals surface area contributed by atoms with Crippen molar-refractivity contribution in [2.24, 2.45) is 0 Å². The van der Waals surface area contributed by atoms with E-state index < -0.39 is 11.6 Å². The highest BCUT2D eigenvalue weighted by molar-refractivity contribution is 5.86. The van der Waals surface area contributed by atoms with Gasteiger partial charge in [0, 0.05) is 68.3 Å². The fourth-order valence-electron chi connectivity index (χ4n) is 5.59. The van der Waals surface area contributed by atoms with Gasteiger partial charge in [-0.2, -0.15) is 4.39 Å². The van der Waals surface area contributed by atoms with Crippen molar-refractivity contribution in [2.75, 3.05) is 24.6 Å². The zero-order chi connectivity index (χ0) is 26.2. The number of ether oxygens (including phenoxy) is 1. The van der Waals surface area contributed by atoms with Crippen LogP contribution in [0.1, 0.15) is 29.7 Å². The van der Waals surface area contributed by atoms with E-state index in [0.717, 1.165) is 49.1 Å². The highest BCUT2D eigenvalue weighted by atomic mass is 19.2. The molecule has 0 radical (unpaired) electrons. The lowest BCUT2D eigenvalue weighted by Gasteiger charge is -2.40. The van der Waals surface area contributed by atoms with Crippen LogP contribution in [-0.2, 0) is 19.6 Å². The molecule has 1 saturated heterocycles. The second kappa shape index (κ2) is 10.1. The summed E-state index contributed by atoms with van der Waals surface area (Å²) in [5, 5.41) is 0.139. The van der Waals surface area contributed by atoms with Gasteiger partial charge in [-0.25, -0.2) is 9.37 Å². The Morgan fingerprint density at radius 2 is 2.03 bits per heavy atom. The Labute approximate surface area is 218 Å². The minimum Gasteiger partial charge on any atom is -0.486 e. The summed E-state index contributed by atoms with van der Waals surface area (Å²) in [7, 11) is 0. The molecule has 3 aromatic heterocycles. The fraction of sp³-hybridized carbons (Fsp3) is 0.357. The number of nitrogens with zero attached hydrogens (tertiary/aromatic N) is 6. The number of halogens is 2. The van der Waals surface area contributed by atoms with Gasteiger partial charge < -0.3 is 14.2 Å². The molecule has 0 aliphatic carbocycles. The first-order chi connectivity index (χ1) is 18.5. The highest BCUT2D eigenvalue weighted by Gasteiger charge is 2.29. The molecule has 0 amide bonds. The molecule has 196 valence electrons. The number of rotatable bonds is 6. The Hall–Kier alpha value is -3.92. The molecule has 0 spiro atoms. The maximum atomic E-state index is 14.4. The number of anilines is 1. The van der Waals surface area contributed by atoms with Gasteiger partial charge in [0.2, 0.25) is 5.82 Å². The summed E-state index contributed by atoms with van der Waals surface area (Å²) in [4.78, 5) is 31.2. The highest BCUT2D eigenvalue weighted by Crippen LogP contribution is 2.33. The van der Waals surface area contributed by atoms with Crippen LogP contribution in [0, 0.1) is 18.6 Å². The van der Waals surface area contributed by atoms with Crippen LogP contribution in [0.5, 0.6) is 5.75 Å². The van der Waals surface area contributed by atoms with Crippen LogP contribution in [0.25, 0.3) is 10.9 Å². The second-order valence-electron chi connectivity index (χ2n) is 9.94. The zero-order valence-electron chi connectivity index (χ0n) is 21.1. The molecule has 0 bridgehead atoms. The fourth-order valence-corrected chi connectivity index (χ4v) is 5.59. The Morgan fingerprint density at radius 3 is 2.84 bits per heavy atom. The standard InChI is InChI=1S/C28H28F2N6O2/c1-18-11-19(4-5-32-18)14-36(21-3-2-8-34(17-21)24-13-31-6-7-33-24)16-20-15-35-9-10-38-28-25(30)23(29)12-22(26(28)35)27(20)37/h4-7,11-13,15,21H,2-3,8-10,14,16-17H2,1H3. The Balaban J connectivity index is 1.38. The van der Waals surface area contributed by atoms with E-state index in [-0.39, 0.29) is 29.2 Å². The van der Waals surface area contributed by atoms with Crippen molar-refractivity contribution < 1.29 is 13.5 Å². The third-order valence-electron chi connectivity index (χ3n) is 7.37. The number of aryl methyl sites for hydroxylation is 1. The average molecular weight is 519 g/mol. The molecular weight excluding hydrogens is 490 g/mol. The summed E-state index contributed by atoms with van der Waals surface area (Å²) in [6.07, 6.45) is 10.6. The first-order valence-corrected chi connectivity index (χ1v) is 12.8. The van der Waals surface area contributed by atoms with Crippen LogP contribution in [-0.4, -0.2) is 50.2 Å². The normalized spacial score (nSPS) is 17.2. The van der Waals surface area contributed by atoms with E-state index in [2.05, 4.69) is 30.8 Å². The number of hydrogen-bond donors (Lipinski definition) is 0. The maximum Gasteiger partial charge on any atom is 0.202 e. The Kier molecular flexibility index (Phi) is 6.49. The van der Waals surface area contributed by atoms with Crippen molar-refractivity contribution in [1.29, 1.82) is 0 Å². The van der Waals surface area contributed by atoms with Crippen molar-refractivity contribution in [3.63, 3.8) is 0 Å². The van der Waals surface area contributed by atoms with E-state index in [1.807, 2.05) is 17.6 Å². The van der Waals surface area contributed by atoms with E-state index in [1.165, 1.54) is 0 Å². The molecule has 5 heterocycles. The minimum absolute atomic E-state index is 0.138. The molecule has 1 fully saturated rings. The smallest absolute Gasteiger partial charge is 0.202 e. The van der Waals surface area contributed by atoms with Gasteiger partial charge in [-0.3, -0.25) is 19.7 Å². The summed E-state index contributed by atoms with van der Waals surface area (Å²) in [5.41, 5.74) is 2.57. The predicted octanol–water partition coefficient (Wildman–Crippen LogP) is 3.84. The van der Waals surface area contributed by atoms with E-state index in [4.69, 9.17) is 4.74 Å². The lowest BCUT2D eigenvalue weighted by Crippen LogP contribution is -2.48. The van der Waals surface area contributed by atoms with Gasteiger partial charge in [0.05, 0.1) is 23.6 Å². The molecule has 10 heteroatoms. The first-order valence-electron chi connectivity index (χ1n) is 12.8. The van der Waals surface area contributed by atoms with Crippen molar-refractivity contribution in [3.05, 3.63) is 87.9 Å². The van der Waals surface area contributed by atoms with Gasteiger partial charge in [-0.1, -0.05) is 0 Å².